The van der Waals surface area contributed by atoms with Crippen molar-refractivity contribution >= 4 is 35.1 Å². The number of carboxylic acid groups (broad SMARTS) is 1. The zero-order chi connectivity index (χ0) is 17.8. The fourth-order valence-electron chi connectivity index (χ4n) is 3.49. The topological polar surface area (TPSA) is 69.6 Å². The molecule has 26 heavy (non-hydrogen) atoms. The number of likely N-dealkylation sites (tertiary alicyclic amines) is 1. The van der Waals surface area contributed by atoms with E-state index in [1.54, 1.807) is 4.90 Å². The van der Waals surface area contributed by atoms with Crippen molar-refractivity contribution < 1.29 is 14.7 Å². The molecule has 0 aliphatic carbocycles. The average molecular weight is 377 g/mol. The maximum atomic E-state index is 12.4. The van der Waals surface area contributed by atoms with Crippen molar-refractivity contribution in [3.05, 3.63) is 48.0 Å². The zero-order valence-corrected chi connectivity index (χ0v) is 15.7. The summed E-state index contributed by atoms with van der Waals surface area (Å²) >= 11 is 0. The molecule has 2 atom stereocenters. The van der Waals surface area contributed by atoms with Crippen LogP contribution in [0.4, 0.5) is 0 Å². The third-order valence-electron chi connectivity index (χ3n) is 4.90. The first-order valence-corrected chi connectivity index (χ1v) is 8.79. The number of benzene rings is 2. The van der Waals surface area contributed by atoms with Gasteiger partial charge in [-0.1, -0.05) is 42.8 Å². The molecule has 3 rings (SSSR count). The summed E-state index contributed by atoms with van der Waals surface area (Å²) in [7, 11) is 0. The smallest absolute Gasteiger partial charge is 0.320 e. The van der Waals surface area contributed by atoms with Crippen LogP contribution in [0.1, 0.15) is 37.8 Å². The highest BCUT2D eigenvalue weighted by Gasteiger charge is 2.29. The summed E-state index contributed by atoms with van der Waals surface area (Å²) in [5.74, 6) is -0.969. The van der Waals surface area contributed by atoms with E-state index in [0.717, 1.165) is 23.8 Å². The summed E-state index contributed by atoms with van der Waals surface area (Å²) in [4.78, 5) is 25.5. The summed E-state index contributed by atoms with van der Waals surface area (Å²) in [6.45, 7) is 2.75. The molecule has 0 aromatic heterocycles. The minimum atomic E-state index is -0.838. The molecule has 2 aromatic carbocycles. The molecule has 1 saturated heterocycles. The fourth-order valence-corrected chi connectivity index (χ4v) is 3.49. The fraction of sp³-hybridized carbons (Fsp3) is 0.400. The Kier molecular flexibility index (Phi) is 7.00. The molecule has 6 heteroatoms. The van der Waals surface area contributed by atoms with Crippen LogP contribution in [0, 0.1) is 0 Å². The molecule has 2 unspecified atom stereocenters. The average Bonchev–Trinajstić information content (AvgIpc) is 2.61. The van der Waals surface area contributed by atoms with Crippen LogP contribution in [0.5, 0.6) is 0 Å². The molecule has 0 saturated carbocycles. The number of carbonyl (C=O) groups excluding carboxylic acids is 1. The summed E-state index contributed by atoms with van der Waals surface area (Å²) < 4.78 is 0. The quantitative estimate of drug-likeness (QED) is 0.839. The van der Waals surface area contributed by atoms with E-state index in [4.69, 9.17) is 0 Å². The third-order valence-corrected chi connectivity index (χ3v) is 4.90. The molecule has 0 spiro atoms. The van der Waals surface area contributed by atoms with Gasteiger partial charge in [-0.3, -0.25) is 14.5 Å². The Morgan fingerprint density at radius 3 is 2.65 bits per heavy atom. The molecule has 0 radical (unpaired) electrons. The van der Waals surface area contributed by atoms with Crippen LogP contribution >= 0.6 is 12.4 Å². The molecular weight excluding hydrogens is 352 g/mol. The highest BCUT2D eigenvalue weighted by atomic mass is 35.5. The number of halogens is 1. The number of nitrogens with one attached hydrogen (secondary N) is 1. The molecule has 1 fully saturated rings. The van der Waals surface area contributed by atoms with E-state index < -0.39 is 12.0 Å². The number of carbonyl (C=O) groups is 2. The van der Waals surface area contributed by atoms with Gasteiger partial charge in [-0.25, -0.2) is 0 Å². The second-order valence-corrected chi connectivity index (χ2v) is 6.72. The second kappa shape index (κ2) is 9.01. The number of piperidine rings is 1. The lowest BCUT2D eigenvalue weighted by Crippen LogP contribution is -2.49. The Labute approximate surface area is 159 Å². The van der Waals surface area contributed by atoms with E-state index in [1.165, 1.54) is 5.39 Å². The van der Waals surface area contributed by atoms with Crippen molar-refractivity contribution in [2.45, 2.75) is 38.3 Å². The second-order valence-electron chi connectivity index (χ2n) is 6.72. The molecule has 140 valence electrons. The van der Waals surface area contributed by atoms with E-state index in [-0.39, 0.29) is 30.9 Å². The van der Waals surface area contributed by atoms with E-state index in [0.29, 0.717) is 13.0 Å². The van der Waals surface area contributed by atoms with Gasteiger partial charge in [0.1, 0.15) is 6.04 Å². The predicted octanol–water partition coefficient (Wildman–Crippen LogP) is 3.38. The van der Waals surface area contributed by atoms with Crippen molar-refractivity contribution in [3.63, 3.8) is 0 Å². The molecule has 1 heterocycles. The Morgan fingerprint density at radius 1 is 1.19 bits per heavy atom. The van der Waals surface area contributed by atoms with Crippen molar-refractivity contribution in [3.8, 4) is 0 Å². The number of rotatable bonds is 5. The van der Waals surface area contributed by atoms with Gasteiger partial charge in [0, 0.05) is 0 Å². The Bertz CT molecular complexity index is 780. The Morgan fingerprint density at radius 2 is 1.92 bits per heavy atom. The molecule has 1 aliphatic rings. The summed E-state index contributed by atoms with van der Waals surface area (Å²) in [5.41, 5.74) is 1.04. The summed E-state index contributed by atoms with van der Waals surface area (Å²) in [6, 6.07) is 13.6. The third kappa shape index (κ3) is 4.74. The van der Waals surface area contributed by atoms with Crippen LogP contribution in [-0.2, 0) is 9.59 Å². The van der Waals surface area contributed by atoms with Gasteiger partial charge in [0.25, 0.3) is 0 Å². The van der Waals surface area contributed by atoms with Gasteiger partial charge in [-0.2, -0.15) is 0 Å². The number of carboxylic acids is 1. The van der Waals surface area contributed by atoms with Crippen LogP contribution in [0.15, 0.2) is 42.5 Å². The molecule has 1 aliphatic heterocycles. The minimum Gasteiger partial charge on any atom is -0.480 e. The molecular formula is C20H25ClN2O3. The van der Waals surface area contributed by atoms with Crippen LogP contribution in [0.3, 0.4) is 0 Å². The molecule has 1 amide bonds. The first kappa shape index (κ1) is 20.2. The minimum absolute atomic E-state index is 0. The molecule has 0 bridgehead atoms. The lowest BCUT2D eigenvalue weighted by atomic mass is 10.0. The van der Waals surface area contributed by atoms with Crippen LogP contribution < -0.4 is 5.32 Å². The van der Waals surface area contributed by atoms with Crippen molar-refractivity contribution in [1.82, 2.24) is 10.2 Å². The number of aliphatic carboxylic acids is 1. The molecule has 5 nitrogen and oxygen atoms in total. The first-order valence-electron chi connectivity index (χ1n) is 8.79. The number of hydrogen-bond donors (Lipinski definition) is 2. The monoisotopic (exact) mass is 376 g/mol. The van der Waals surface area contributed by atoms with Gasteiger partial charge >= 0.3 is 5.97 Å². The number of amides is 1. The van der Waals surface area contributed by atoms with Gasteiger partial charge < -0.3 is 10.4 Å². The summed E-state index contributed by atoms with van der Waals surface area (Å²) in [6.07, 6.45) is 2.46. The first-order chi connectivity index (χ1) is 12.0. The highest BCUT2D eigenvalue weighted by Crippen LogP contribution is 2.21. The van der Waals surface area contributed by atoms with Crippen molar-refractivity contribution in [2.75, 3.05) is 13.1 Å². The van der Waals surface area contributed by atoms with Gasteiger partial charge in [0.2, 0.25) is 5.91 Å². The van der Waals surface area contributed by atoms with E-state index in [2.05, 4.69) is 29.6 Å². The van der Waals surface area contributed by atoms with Crippen molar-refractivity contribution in [2.24, 2.45) is 0 Å². The normalized spacial score (nSPS) is 18.7. The maximum absolute atomic E-state index is 12.4. The molecule has 2 aromatic rings. The standard InChI is InChI=1S/C20H24N2O3.ClH/c1-14(16-10-9-15-6-2-3-7-17(15)12-16)21-19(23)13-22-11-5-4-8-18(22)20(24)25;/h2-3,6-7,9-10,12,14,18H,4-5,8,11,13H2,1H3,(H,21,23)(H,24,25);1H. The van der Waals surface area contributed by atoms with Crippen molar-refractivity contribution in [1.29, 1.82) is 0 Å². The number of nitrogens with zero attached hydrogens (tertiary/aromatic N) is 1. The highest BCUT2D eigenvalue weighted by molar-refractivity contribution is 5.85. The van der Waals surface area contributed by atoms with Crippen LogP contribution in [0.25, 0.3) is 10.8 Å². The van der Waals surface area contributed by atoms with Crippen LogP contribution in [0.2, 0.25) is 0 Å². The van der Waals surface area contributed by atoms with Gasteiger partial charge in [0.15, 0.2) is 0 Å². The lowest BCUT2D eigenvalue weighted by Gasteiger charge is -2.32. The number of fused-ring (bicyclic) bond motifs is 1. The van der Waals surface area contributed by atoms with E-state index in [1.807, 2.05) is 25.1 Å². The van der Waals surface area contributed by atoms with Gasteiger partial charge in [-0.05, 0) is 48.7 Å². The molecule has 2 N–H and O–H groups in total. The Balaban J connectivity index is 0.00000243. The largest absolute Gasteiger partial charge is 0.480 e. The zero-order valence-electron chi connectivity index (χ0n) is 14.9. The summed E-state index contributed by atoms with van der Waals surface area (Å²) in [5, 5.41) is 14.6. The van der Waals surface area contributed by atoms with E-state index in [9.17, 15) is 14.7 Å². The SMILES string of the molecule is CC(NC(=O)CN1CCCCC1C(=O)O)c1ccc2ccccc2c1.Cl. The van der Waals surface area contributed by atoms with Gasteiger partial charge in [-0.15, -0.1) is 12.4 Å². The predicted molar refractivity (Wildman–Crippen MR) is 105 cm³/mol. The van der Waals surface area contributed by atoms with Gasteiger partial charge in [0.05, 0.1) is 12.6 Å². The maximum Gasteiger partial charge on any atom is 0.320 e. The van der Waals surface area contributed by atoms with E-state index >= 15 is 0 Å². The lowest BCUT2D eigenvalue weighted by molar-refractivity contribution is -0.145. The number of hydrogen-bond acceptors (Lipinski definition) is 3. The Hall–Kier alpha value is -2.11. The van der Waals surface area contributed by atoms with Crippen LogP contribution in [-0.4, -0.2) is 41.0 Å².